The van der Waals surface area contributed by atoms with Gasteiger partial charge in [-0.2, -0.15) is 5.26 Å². The number of nitrogens with one attached hydrogen (secondary N) is 1. The summed E-state index contributed by atoms with van der Waals surface area (Å²) in [7, 11) is 0. The smallest absolute Gasteiger partial charge is 0.338 e. The summed E-state index contributed by atoms with van der Waals surface area (Å²) < 4.78 is 5.02. The van der Waals surface area contributed by atoms with Crippen LogP contribution in [-0.2, 0) is 16.1 Å². The van der Waals surface area contributed by atoms with Crippen molar-refractivity contribution >= 4 is 40.0 Å². The predicted molar refractivity (Wildman–Crippen MR) is 115 cm³/mol. The lowest BCUT2D eigenvalue weighted by Crippen LogP contribution is -2.29. The van der Waals surface area contributed by atoms with Crippen LogP contribution < -0.4 is 5.32 Å². The molecule has 158 valence electrons. The van der Waals surface area contributed by atoms with E-state index in [0.717, 1.165) is 10.5 Å². The molecule has 32 heavy (non-hydrogen) atoms. The number of carbonyl (C=O) groups is 4. The first-order valence-corrected chi connectivity index (χ1v) is 10.3. The molecule has 1 N–H and O–H groups in total. The van der Waals surface area contributed by atoms with Crippen molar-refractivity contribution in [2.75, 3.05) is 11.9 Å². The maximum atomic E-state index is 12.8. The van der Waals surface area contributed by atoms with Gasteiger partial charge in [0.1, 0.15) is 11.1 Å². The molecule has 0 bridgehead atoms. The normalized spacial score (nSPS) is 12.3. The van der Waals surface area contributed by atoms with Gasteiger partial charge >= 0.3 is 5.97 Å². The van der Waals surface area contributed by atoms with Crippen LogP contribution in [-0.4, -0.2) is 35.2 Å². The Bertz CT molecular complexity index is 1280. The molecule has 8 nitrogen and oxygen atoms in total. The Hall–Kier alpha value is -4.29. The molecule has 3 amide bonds. The van der Waals surface area contributed by atoms with Gasteiger partial charge in [-0.15, -0.1) is 11.3 Å². The number of thiophene rings is 1. The summed E-state index contributed by atoms with van der Waals surface area (Å²) in [6.45, 7) is -0.438. The van der Waals surface area contributed by atoms with Crippen LogP contribution >= 0.6 is 11.3 Å². The van der Waals surface area contributed by atoms with Crippen LogP contribution in [0.5, 0.6) is 0 Å². The van der Waals surface area contributed by atoms with Gasteiger partial charge in [-0.05, 0) is 35.2 Å². The van der Waals surface area contributed by atoms with Crippen LogP contribution in [0.4, 0.5) is 5.00 Å². The largest absolute Gasteiger partial charge is 0.452 e. The number of fused-ring (bicyclic) bond motifs is 1. The van der Waals surface area contributed by atoms with E-state index in [0.29, 0.717) is 10.6 Å². The number of ether oxygens (including phenoxy) is 1. The van der Waals surface area contributed by atoms with E-state index < -0.39 is 30.3 Å². The molecule has 1 aliphatic rings. The number of imide groups is 1. The van der Waals surface area contributed by atoms with Gasteiger partial charge in [0.25, 0.3) is 17.7 Å². The summed E-state index contributed by atoms with van der Waals surface area (Å²) in [6, 6.07) is 16.7. The SMILES string of the molecule is N#Cc1ccsc1NC(=O)COC(=O)c1ccc2c(c1)C(=O)N(Cc1ccccc1)C2=O. The van der Waals surface area contributed by atoms with E-state index in [9.17, 15) is 19.2 Å². The highest BCUT2D eigenvalue weighted by molar-refractivity contribution is 7.14. The first-order chi connectivity index (χ1) is 15.5. The molecule has 4 rings (SSSR count). The highest BCUT2D eigenvalue weighted by Gasteiger charge is 2.36. The summed E-state index contributed by atoms with van der Waals surface area (Å²) in [4.78, 5) is 50.9. The highest BCUT2D eigenvalue weighted by atomic mass is 32.1. The minimum absolute atomic E-state index is 0.0492. The van der Waals surface area contributed by atoms with Crippen molar-refractivity contribution in [1.29, 1.82) is 5.26 Å². The minimum Gasteiger partial charge on any atom is -0.452 e. The summed E-state index contributed by atoms with van der Waals surface area (Å²) in [5, 5.41) is 13.5. The number of anilines is 1. The molecule has 0 fully saturated rings. The van der Waals surface area contributed by atoms with Crippen molar-refractivity contribution in [3.8, 4) is 6.07 Å². The first kappa shape index (κ1) is 21.0. The van der Waals surface area contributed by atoms with Crippen LogP contribution in [0, 0.1) is 11.3 Å². The van der Waals surface area contributed by atoms with Gasteiger partial charge < -0.3 is 10.1 Å². The third-order valence-electron chi connectivity index (χ3n) is 4.76. The van der Waals surface area contributed by atoms with Gasteiger partial charge in [0.2, 0.25) is 0 Å². The summed E-state index contributed by atoms with van der Waals surface area (Å²) >= 11 is 1.18. The van der Waals surface area contributed by atoms with Crippen molar-refractivity contribution in [2.24, 2.45) is 0 Å². The summed E-state index contributed by atoms with van der Waals surface area (Å²) in [6.07, 6.45) is 0. The number of benzene rings is 2. The maximum Gasteiger partial charge on any atom is 0.338 e. The molecule has 2 heterocycles. The van der Waals surface area contributed by atoms with Crippen LogP contribution in [0.15, 0.2) is 60.0 Å². The number of nitrogens with zero attached hydrogens (tertiary/aromatic N) is 2. The number of rotatable bonds is 6. The average Bonchev–Trinajstić information content (AvgIpc) is 3.35. The third-order valence-corrected chi connectivity index (χ3v) is 5.59. The molecule has 0 saturated heterocycles. The molecule has 0 radical (unpaired) electrons. The molecule has 0 aliphatic carbocycles. The number of hydrogen-bond acceptors (Lipinski definition) is 7. The second-order valence-corrected chi connectivity index (χ2v) is 7.76. The Morgan fingerprint density at radius 1 is 1.03 bits per heavy atom. The van der Waals surface area contributed by atoms with E-state index in [1.54, 1.807) is 11.4 Å². The Morgan fingerprint density at radius 2 is 1.78 bits per heavy atom. The fraction of sp³-hybridized carbons (Fsp3) is 0.0870. The number of esters is 1. The molecular formula is C23H15N3O5S. The molecule has 1 aromatic heterocycles. The Morgan fingerprint density at radius 3 is 2.53 bits per heavy atom. The second kappa shape index (κ2) is 8.83. The molecule has 1 aliphatic heterocycles. The van der Waals surface area contributed by atoms with Crippen molar-refractivity contribution < 1.29 is 23.9 Å². The van der Waals surface area contributed by atoms with Crippen molar-refractivity contribution in [3.05, 3.63) is 87.8 Å². The zero-order chi connectivity index (χ0) is 22.7. The Kier molecular flexibility index (Phi) is 5.79. The Labute approximate surface area is 186 Å². The number of nitriles is 1. The fourth-order valence-electron chi connectivity index (χ4n) is 3.20. The lowest BCUT2D eigenvalue weighted by molar-refractivity contribution is -0.119. The monoisotopic (exact) mass is 445 g/mol. The lowest BCUT2D eigenvalue weighted by Gasteiger charge is -2.13. The zero-order valence-electron chi connectivity index (χ0n) is 16.5. The number of amides is 3. The molecule has 0 saturated carbocycles. The molecular weight excluding hydrogens is 430 g/mol. The van der Waals surface area contributed by atoms with Crippen LogP contribution in [0.1, 0.15) is 42.2 Å². The molecule has 9 heteroatoms. The third kappa shape index (κ3) is 4.12. The second-order valence-electron chi connectivity index (χ2n) is 6.84. The topological polar surface area (TPSA) is 117 Å². The van der Waals surface area contributed by atoms with Gasteiger partial charge in [0, 0.05) is 0 Å². The molecule has 0 unspecified atom stereocenters. The van der Waals surface area contributed by atoms with Gasteiger partial charge in [-0.1, -0.05) is 30.3 Å². The molecule has 0 spiro atoms. The van der Waals surface area contributed by atoms with E-state index in [1.807, 2.05) is 36.4 Å². The van der Waals surface area contributed by atoms with E-state index in [2.05, 4.69) is 5.32 Å². The van der Waals surface area contributed by atoms with Gasteiger partial charge in [0.15, 0.2) is 6.61 Å². The summed E-state index contributed by atoms with van der Waals surface area (Å²) in [5.74, 6) is -2.34. The minimum atomic E-state index is -0.809. The van der Waals surface area contributed by atoms with E-state index in [-0.39, 0.29) is 23.2 Å². The first-order valence-electron chi connectivity index (χ1n) is 9.46. The average molecular weight is 445 g/mol. The lowest BCUT2D eigenvalue weighted by atomic mass is 10.1. The maximum absolute atomic E-state index is 12.8. The molecule has 2 aromatic carbocycles. The fourth-order valence-corrected chi connectivity index (χ4v) is 3.95. The van der Waals surface area contributed by atoms with E-state index >= 15 is 0 Å². The van der Waals surface area contributed by atoms with Crippen LogP contribution in [0.3, 0.4) is 0 Å². The zero-order valence-corrected chi connectivity index (χ0v) is 17.3. The number of carbonyl (C=O) groups excluding carboxylic acids is 4. The van der Waals surface area contributed by atoms with Gasteiger partial charge in [0.05, 0.1) is 28.8 Å². The van der Waals surface area contributed by atoms with Gasteiger partial charge in [-0.25, -0.2) is 4.79 Å². The molecule has 0 atom stereocenters. The van der Waals surface area contributed by atoms with Crippen LogP contribution in [0.2, 0.25) is 0 Å². The summed E-state index contributed by atoms with van der Waals surface area (Å²) in [5.41, 5.74) is 1.49. The molecule has 3 aromatic rings. The van der Waals surface area contributed by atoms with Crippen molar-refractivity contribution in [3.63, 3.8) is 0 Å². The predicted octanol–water partition coefficient (Wildman–Crippen LogP) is 3.21. The standard InChI is InChI=1S/C23H15N3O5S/c24-11-16-8-9-32-20(16)25-19(27)13-31-23(30)15-6-7-17-18(10-15)22(29)26(21(17)28)12-14-4-2-1-3-5-14/h1-10H,12-13H2,(H,25,27). The van der Waals surface area contributed by atoms with E-state index in [1.165, 1.54) is 29.5 Å². The van der Waals surface area contributed by atoms with E-state index in [4.69, 9.17) is 10.00 Å². The number of hydrogen-bond donors (Lipinski definition) is 1. The van der Waals surface area contributed by atoms with Crippen molar-refractivity contribution in [2.45, 2.75) is 6.54 Å². The van der Waals surface area contributed by atoms with Gasteiger partial charge in [-0.3, -0.25) is 19.3 Å². The van der Waals surface area contributed by atoms with Crippen LogP contribution in [0.25, 0.3) is 0 Å². The Balaban J connectivity index is 1.42. The van der Waals surface area contributed by atoms with Crippen molar-refractivity contribution in [1.82, 2.24) is 4.90 Å². The highest BCUT2D eigenvalue weighted by Crippen LogP contribution is 2.26. The quantitative estimate of drug-likeness (QED) is 0.460.